The van der Waals surface area contributed by atoms with Gasteiger partial charge in [-0.25, -0.2) is 9.97 Å². The molecule has 146 valence electrons. The van der Waals surface area contributed by atoms with Gasteiger partial charge in [0.25, 0.3) is 0 Å². The first-order chi connectivity index (χ1) is 13.1. The Bertz CT molecular complexity index is 825. The van der Waals surface area contributed by atoms with E-state index < -0.39 is 0 Å². The molecule has 1 amide bonds. The van der Waals surface area contributed by atoms with Crippen LogP contribution in [-0.2, 0) is 4.79 Å². The highest BCUT2D eigenvalue weighted by Gasteiger charge is 2.32. The fourth-order valence-corrected chi connectivity index (χ4v) is 4.32. The van der Waals surface area contributed by atoms with Crippen molar-refractivity contribution in [3.8, 4) is 0 Å². The lowest BCUT2D eigenvalue weighted by molar-refractivity contribution is -0.137. The summed E-state index contributed by atoms with van der Waals surface area (Å²) in [6.07, 6.45) is 3.53. The molecule has 2 aliphatic rings. The van der Waals surface area contributed by atoms with Gasteiger partial charge < -0.3 is 19.1 Å². The molecule has 4 rings (SSSR count). The van der Waals surface area contributed by atoms with E-state index >= 15 is 0 Å². The van der Waals surface area contributed by atoms with Gasteiger partial charge in [-0.2, -0.15) is 0 Å². The van der Waals surface area contributed by atoms with E-state index in [4.69, 9.17) is 4.42 Å². The minimum Gasteiger partial charge on any atom is -0.443 e. The van der Waals surface area contributed by atoms with Crippen molar-refractivity contribution in [2.75, 3.05) is 50.7 Å². The number of rotatable bonds is 3. The molecule has 0 spiro atoms. The molecule has 2 aliphatic heterocycles. The van der Waals surface area contributed by atoms with Crippen LogP contribution in [-0.4, -0.2) is 71.5 Å². The summed E-state index contributed by atoms with van der Waals surface area (Å²) in [5.74, 6) is 2.14. The molecule has 2 fully saturated rings. The average Bonchev–Trinajstić information content (AvgIpc) is 3.01. The molecule has 2 saturated heterocycles. The van der Waals surface area contributed by atoms with Gasteiger partial charge in [-0.1, -0.05) is 6.92 Å². The van der Waals surface area contributed by atoms with Crippen molar-refractivity contribution in [3.63, 3.8) is 0 Å². The molecule has 1 atom stereocenters. The molecule has 2 aromatic heterocycles. The Balaban J connectivity index is 1.51. The van der Waals surface area contributed by atoms with Crippen LogP contribution >= 0.6 is 0 Å². The molecule has 0 unspecified atom stereocenters. The van der Waals surface area contributed by atoms with Crippen LogP contribution in [0.4, 0.5) is 5.82 Å². The lowest BCUT2D eigenvalue weighted by atomic mass is 9.96. The predicted molar refractivity (Wildman–Crippen MR) is 105 cm³/mol. The van der Waals surface area contributed by atoms with Crippen LogP contribution in [0.15, 0.2) is 10.7 Å². The molecular formula is C20H29N5O2. The van der Waals surface area contributed by atoms with Gasteiger partial charge in [0, 0.05) is 44.8 Å². The van der Waals surface area contributed by atoms with Crippen LogP contribution in [0, 0.1) is 19.8 Å². The summed E-state index contributed by atoms with van der Waals surface area (Å²) in [4.78, 5) is 28.6. The standard InChI is InChI=1S/C20H29N5O2/c1-4-23-8-10-24(11-9-23)20(26)16-6-5-7-25(12-16)18-17-14(2)15(3)27-19(17)22-13-21-18/h13,16H,4-12H2,1-3H3/t16-/m1/s1. The second kappa shape index (κ2) is 7.46. The van der Waals surface area contributed by atoms with Gasteiger partial charge in [-0.05, 0) is 33.2 Å². The highest BCUT2D eigenvalue weighted by Crippen LogP contribution is 2.33. The zero-order valence-corrected chi connectivity index (χ0v) is 16.6. The predicted octanol–water partition coefficient (Wildman–Crippen LogP) is 2.22. The van der Waals surface area contributed by atoms with Gasteiger partial charge >= 0.3 is 0 Å². The molecule has 0 saturated carbocycles. The summed E-state index contributed by atoms with van der Waals surface area (Å²) in [5.41, 5.74) is 1.73. The number of hydrogen-bond acceptors (Lipinski definition) is 6. The lowest BCUT2D eigenvalue weighted by Crippen LogP contribution is -2.52. The monoisotopic (exact) mass is 371 g/mol. The SMILES string of the molecule is CCN1CCN(C(=O)[C@@H]2CCCN(c3ncnc4oc(C)c(C)c34)C2)CC1. The van der Waals surface area contributed by atoms with Gasteiger partial charge in [0.15, 0.2) is 0 Å². The molecule has 7 heteroatoms. The van der Waals surface area contributed by atoms with Crippen molar-refractivity contribution >= 4 is 22.8 Å². The molecule has 0 aliphatic carbocycles. The summed E-state index contributed by atoms with van der Waals surface area (Å²) in [7, 11) is 0. The Morgan fingerprint density at radius 3 is 2.70 bits per heavy atom. The third-order valence-corrected chi connectivity index (χ3v) is 6.15. The fraction of sp³-hybridized carbons (Fsp3) is 0.650. The third kappa shape index (κ3) is 3.40. The number of likely N-dealkylation sites (N-methyl/N-ethyl adjacent to an activating group) is 1. The summed E-state index contributed by atoms with van der Waals surface area (Å²) in [6.45, 7) is 12.6. The average molecular weight is 371 g/mol. The number of amides is 1. The van der Waals surface area contributed by atoms with E-state index in [1.54, 1.807) is 6.33 Å². The van der Waals surface area contributed by atoms with Gasteiger partial charge in [0.05, 0.1) is 11.3 Å². The number of aromatic nitrogens is 2. The Morgan fingerprint density at radius 2 is 1.96 bits per heavy atom. The van der Waals surface area contributed by atoms with Crippen molar-refractivity contribution in [1.82, 2.24) is 19.8 Å². The number of hydrogen-bond donors (Lipinski definition) is 0. The van der Waals surface area contributed by atoms with Crippen LogP contribution in [0.3, 0.4) is 0 Å². The van der Waals surface area contributed by atoms with Gasteiger partial charge in [0.1, 0.15) is 17.9 Å². The minimum atomic E-state index is 0.0465. The Kier molecular flexibility index (Phi) is 5.04. The molecule has 0 N–H and O–H groups in total. The van der Waals surface area contributed by atoms with Crippen LogP contribution in [0.25, 0.3) is 11.1 Å². The number of nitrogens with zero attached hydrogens (tertiary/aromatic N) is 5. The Morgan fingerprint density at radius 1 is 1.19 bits per heavy atom. The topological polar surface area (TPSA) is 65.7 Å². The van der Waals surface area contributed by atoms with E-state index in [1.165, 1.54) is 0 Å². The summed E-state index contributed by atoms with van der Waals surface area (Å²) >= 11 is 0. The number of aryl methyl sites for hydroxylation is 2. The van der Waals surface area contributed by atoms with Gasteiger partial charge in [-0.3, -0.25) is 4.79 Å². The largest absolute Gasteiger partial charge is 0.443 e. The number of piperidine rings is 1. The maximum atomic E-state index is 13.1. The van der Waals surface area contributed by atoms with E-state index in [0.717, 1.165) is 81.2 Å². The van der Waals surface area contributed by atoms with Gasteiger partial charge in [0.2, 0.25) is 11.6 Å². The van der Waals surface area contributed by atoms with Crippen molar-refractivity contribution in [2.45, 2.75) is 33.6 Å². The van der Waals surface area contributed by atoms with Crippen molar-refractivity contribution in [2.24, 2.45) is 5.92 Å². The van der Waals surface area contributed by atoms with Crippen LogP contribution in [0.5, 0.6) is 0 Å². The highest BCUT2D eigenvalue weighted by atomic mass is 16.3. The Labute approximate surface area is 160 Å². The van der Waals surface area contributed by atoms with Crippen molar-refractivity contribution in [1.29, 1.82) is 0 Å². The minimum absolute atomic E-state index is 0.0465. The first kappa shape index (κ1) is 18.2. The van der Waals surface area contributed by atoms with Crippen molar-refractivity contribution < 1.29 is 9.21 Å². The first-order valence-electron chi connectivity index (χ1n) is 10.0. The fourth-order valence-electron chi connectivity index (χ4n) is 4.32. The lowest BCUT2D eigenvalue weighted by Gasteiger charge is -2.39. The molecule has 4 heterocycles. The first-order valence-corrected chi connectivity index (χ1v) is 10.0. The summed E-state index contributed by atoms with van der Waals surface area (Å²) in [6, 6.07) is 0. The maximum absolute atomic E-state index is 13.1. The molecule has 2 aromatic rings. The van der Waals surface area contributed by atoms with E-state index in [0.29, 0.717) is 11.6 Å². The number of fused-ring (bicyclic) bond motifs is 1. The van der Waals surface area contributed by atoms with E-state index in [9.17, 15) is 4.79 Å². The number of carbonyl (C=O) groups excluding carboxylic acids is 1. The van der Waals surface area contributed by atoms with E-state index in [2.05, 4.69) is 31.6 Å². The van der Waals surface area contributed by atoms with Gasteiger partial charge in [-0.15, -0.1) is 0 Å². The number of carbonyl (C=O) groups is 1. The highest BCUT2D eigenvalue weighted by molar-refractivity contribution is 5.90. The van der Waals surface area contributed by atoms with E-state index in [1.807, 2.05) is 13.8 Å². The molecule has 27 heavy (non-hydrogen) atoms. The second-order valence-corrected chi connectivity index (χ2v) is 7.71. The normalized spacial score (nSPS) is 21.8. The number of anilines is 1. The van der Waals surface area contributed by atoms with Crippen LogP contribution < -0.4 is 4.90 Å². The molecule has 0 aromatic carbocycles. The second-order valence-electron chi connectivity index (χ2n) is 7.71. The molecule has 0 bridgehead atoms. The third-order valence-electron chi connectivity index (χ3n) is 6.15. The maximum Gasteiger partial charge on any atom is 0.231 e. The molecule has 7 nitrogen and oxygen atoms in total. The number of furan rings is 1. The Hall–Kier alpha value is -2.15. The molecular weight excluding hydrogens is 342 g/mol. The number of piperazine rings is 1. The summed E-state index contributed by atoms with van der Waals surface area (Å²) in [5, 5.41) is 0.986. The molecule has 0 radical (unpaired) electrons. The zero-order chi connectivity index (χ0) is 19.0. The zero-order valence-electron chi connectivity index (χ0n) is 16.6. The smallest absolute Gasteiger partial charge is 0.231 e. The van der Waals surface area contributed by atoms with E-state index in [-0.39, 0.29) is 5.92 Å². The quantitative estimate of drug-likeness (QED) is 0.824. The summed E-state index contributed by atoms with van der Waals surface area (Å²) < 4.78 is 5.76. The van der Waals surface area contributed by atoms with Crippen molar-refractivity contribution in [3.05, 3.63) is 17.7 Å². The van der Waals surface area contributed by atoms with Crippen LogP contribution in [0.2, 0.25) is 0 Å². The van der Waals surface area contributed by atoms with Crippen LogP contribution in [0.1, 0.15) is 31.1 Å².